The first-order valence-electron chi connectivity index (χ1n) is 8.70. The predicted molar refractivity (Wildman–Crippen MR) is 103 cm³/mol. The Kier molecular flexibility index (Phi) is 4.89. The molecule has 1 saturated heterocycles. The van der Waals surface area contributed by atoms with Crippen LogP contribution in [-0.2, 0) is 15.4 Å². The molecule has 0 radical (unpaired) electrons. The summed E-state index contributed by atoms with van der Waals surface area (Å²) in [6, 6.07) is 17.1. The van der Waals surface area contributed by atoms with Crippen LogP contribution in [0.25, 0.3) is 0 Å². The fraction of sp³-hybridized carbons (Fsp3) is 0.400. The summed E-state index contributed by atoms with van der Waals surface area (Å²) in [4.78, 5) is 2.68. The standard InChI is InChI=1S/C20H26N2O2S/c1-20(2,3)18-11-7-8-12-19(18)21-13-15-22(16-14-21)25(23,24)17-9-5-4-6-10-17/h4-12H,13-16H2,1-3H3. The van der Waals surface area contributed by atoms with E-state index in [0.717, 1.165) is 0 Å². The summed E-state index contributed by atoms with van der Waals surface area (Å²) in [7, 11) is -3.40. The molecule has 2 aromatic carbocycles. The number of piperazine rings is 1. The SMILES string of the molecule is CC(C)(C)c1ccccc1N1CCN(S(=O)(=O)c2ccccc2)CC1. The van der Waals surface area contributed by atoms with Gasteiger partial charge in [0.2, 0.25) is 10.0 Å². The number of sulfonamides is 1. The van der Waals surface area contributed by atoms with Crippen LogP contribution in [0.3, 0.4) is 0 Å². The number of nitrogens with zero attached hydrogens (tertiary/aromatic N) is 2. The first kappa shape index (κ1) is 18.0. The normalized spacial score (nSPS) is 16.8. The molecule has 0 spiro atoms. The summed E-state index contributed by atoms with van der Waals surface area (Å²) < 4.78 is 27.1. The Labute approximate surface area is 151 Å². The first-order valence-corrected chi connectivity index (χ1v) is 10.1. The minimum atomic E-state index is -3.40. The molecule has 2 aromatic rings. The van der Waals surface area contributed by atoms with Crippen LogP contribution in [0.5, 0.6) is 0 Å². The van der Waals surface area contributed by atoms with E-state index < -0.39 is 10.0 Å². The van der Waals surface area contributed by atoms with Crippen LogP contribution in [-0.4, -0.2) is 38.9 Å². The van der Waals surface area contributed by atoms with Gasteiger partial charge in [0, 0.05) is 31.9 Å². The van der Waals surface area contributed by atoms with E-state index in [-0.39, 0.29) is 5.41 Å². The zero-order valence-corrected chi connectivity index (χ0v) is 16.0. The fourth-order valence-corrected chi connectivity index (χ4v) is 4.74. The summed E-state index contributed by atoms with van der Waals surface area (Å²) in [5.41, 5.74) is 2.57. The molecular weight excluding hydrogens is 332 g/mol. The predicted octanol–water partition coefficient (Wildman–Crippen LogP) is 3.50. The van der Waals surface area contributed by atoms with Gasteiger partial charge in [-0.1, -0.05) is 57.2 Å². The Morgan fingerprint density at radius 2 is 1.36 bits per heavy atom. The lowest BCUT2D eigenvalue weighted by atomic mass is 9.85. The summed E-state index contributed by atoms with van der Waals surface area (Å²) in [6.45, 7) is 9.07. The average Bonchev–Trinajstić information content (AvgIpc) is 2.62. The molecule has 3 rings (SSSR count). The van der Waals surface area contributed by atoms with Crippen molar-refractivity contribution in [3.05, 3.63) is 60.2 Å². The summed E-state index contributed by atoms with van der Waals surface area (Å²) >= 11 is 0. The van der Waals surface area contributed by atoms with Crippen molar-refractivity contribution in [2.24, 2.45) is 0 Å². The Hall–Kier alpha value is -1.85. The third-order valence-electron chi connectivity index (χ3n) is 4.67. The molecule has 0 saturated carbocycles. The highest BCUT2D eigenvalue weighted by Gasteiger charge is 2.30. The van der Waals surface area contributed by atoms with E-state index in [1.165, 1.54) is 11.3 Å². The molecule has 5 heteroatoms. The largest absolute Gasteiger partial charge is 0.369 e. The van der Waals surface area contributed by atoms with Gasteiger partial charge in [-0.05, 0) is 29.2 Å². The molecule has 0 unspecified atom stereocenters. The molecule has 0 atom stereocenters. The number of para-hydroxylation sites is 1. The molecule has 1 heterocycles. The molecule has 0 N–H and O–H groups in total. The maximum Gasteiger partial charge on any atom is 0.243 e. The third kappa shape index (κ3) is 3.72. The van der Waals surface area contributed by atoms with E-state index in [4.69, 9.17) is 0 Å². The molecule has 25 heavy (non-hydrogen) atoms. The van der Waals surface area contributed by atoms with Crippen molar-refractivity contribution in [2.45, 2.75) is 31.1 Å². The lowest BCUT2D eigenvalue weighted by Crippen LogP contribution is -2.49. The van der Waals surface area contributed by atoms with Crippen LogP contribution in [0, 0.1) is 0 Å². The van der Waals surface area contributed by atoms with E-state index in [2.05, 4.69) is 49.9 Å². The molecule has 0 amide bonds. The average molecular weight is 359 g/mol. The monoisotopic (exact) mass is 358 g/mol. The lowest BCUT2D eigenvalue weighted by Gasteiger charge is -2.38. The van der Waals surface area contributed by atoms with Crippen molar-refractivity contribution in [1.29, 1.82) is 0 Å². The maximum atomic E-state index is 12.8. The van der Waals surface area contributed by atoms with Crippen molar-refractivity contribution >= 4 is 15.7 Å². The highest BCUT2D eigenvalue weighted by Crippen LogP contribution is 2.32. The van der Waals surface area contributed by atoms with Crippen molar-refractivity contribution in [1.82, 2.24) is 4.31 Å². The topological polar surface area (TPSA) is 40.6 Å². The summed E-state index contributed by atoms with van der Waals surface area (Å²) in [5.74, 6) is 0. The number of hydrogen-bond donors (Lipinski definition) is 0. The zero-order chi connectivity index (χ0) is 18.1. The quantitative estimate of drug-likeness (QED) is 0.843. The van der Waals surface area contributed by atoms with Crippen LogP contribution in [0.2, 0.25) is 0 Å². The van der Waals surface area contributed by atoms with E-state index >= 15 is 0 Å². The van der Waals surface area contributed by atoms with Gasteiger partial charge in [0.1, 0.15) is 0 Å². The summed E-state index contributed by atoms with van der Waals surface area (Å²) in [6.07, 6.45) is 0. The lowest BCUT2D eigenvalue weighted by molar-refractivity contribution is 0.384. The Morgan fingerprint density at radius 3 is 1.96 bits per heavy atom. The second kappa shape index (κ2) is 6.81. The van der Waals surface area contributed by atoms with Crippen molar-refractivity contribution in [3.8, 4) is 0 Å². The van der Waals surface area contributed by atoms with Gasteiger partial charge in [-0.15, -0.1) is 0 Å². The fourth-order valence-electron chi connectivity index (χ4n) is 3.29. The van der Waals surface area contributed by atoms with E-state index in [0.29, 0.717) is 31.1 Å². The van der Waals surface area contributed by atoms with Gasteiger partial charge in [0.05, 0.1) is 4.90 Å². The molecule has 0 aromatic heterocycles. The van der Waals surface area contributed by atoms with Crippen LogP contribution in [0.15, 0.2) is 59.5 Å². The molecule has 1 aliphatic rings. The first-order chi connectivity index (χ1) is 11.8. The molecule has 0 aliphatic carbocycles. The van der Waals surface area contributed by atoms with Gasteiger partial charge in [-0.3, -0.25) is 0 Å². The van der Waals surface area contributed by atoms with Gasteiger partial charge in [-0.2, -0.15) is 4.31 Å². The second-order valence-electron chi connectivity index (χ2n) is 7.47. The van der Waals surface area contributed by atoms with Gasteiger partial charge >= 0.3 is 0 Å². The number of hydrogen-bond acceptors (Lipinski definition) is 3. The van der Waals surface area contributed by atoms with Crippen LogP contribution >= 0.6 is 0 Å². The van der Waals surface area contributed by atoms with E-state index in [1.54, 1.807) is 28.6 Å². The Balaban J connectivity index is 1.77. The van der Waals surface area contributed by atoms with Gasteiger partial charge in [0.25, 0.3) is 0 Å². The molecule has 134 valence electrons. The third-order valence-corrected chi connectivity index (χ3v) is 6.59. The minimum absolute atomic E-state index is 0.0594. The molecule has 1 fully saturated rings. The van der Waals surface area contributed by atoms with E-state index in [1.807, 2.05) is 6.07 Å². The number of anilines is 1. The van der Waals surface area contributed by atoms with Gasteiger partial charge in [-0.25, -0.2) is 8.42 Å². The second-order valence-corrected chi connectivity index (χ2v) is 9.41. The van der Waals surface area contributed by atoms with Crippen LogP contribution in [0.1, 0.15) is 26.3 Å². The minimum Gasteiger partial charge on any atom is -0.369 e. The van der Waals surface area contributed by atoms with Gasteiger partial charge in [0.15, 0.2) is 0 Å². The number of rotatable bonds is 3. The van der Waals surface area contributed by atoms with Crippen LogP contribution < -0.4 is 4.90 Å². The Bertz CT molecular complexity index is 818. The number of benzene rings is 2. The molecular formula is C20H26N2O2S. The highest BCUT2D eigenvalue weighted by atomic mass is 32.2. The molecule has 0 bridgehead atoms. The van der Waals surface area contributed by atoms with Crippen molar-refractivity contribution in [2.75, 3.05) is 31.1 Å². The van der Waals surface area contributed by atoms with Crippen LogP contribution in [0.4, 0.5) is 5.69 Å². The maximum absolute atomic E-state index is 12.8. The van der Waals surface area contributed by atoms with E-state index in [9.17, 15) is 8.42 Å². The summed E-state index contributed by atoms with van der Waals surface area (Å²) in [5, 5.41) is 0. The van der Waals surface area contributed by atoms with Crippen molar-refractivity contribution < 1.29 is 8.42 Å². The molecule has 4 nitrogen and oxygen atoms in total. The smallest absolute Gasteiger partial charge is 0.243 e. The van der Waals surface area contributed by atoms with Gasteiger partial charge < -0.3 is 4.90 Å². The molecule has 1 aliphatic heterocycles. The zero-order valence-electron chi connectivity index (χ0n) is 15.1. The van der Waals surface area contributed by atoms with Crippen molar-refractivity contribution in [3.63, 3.8) is 0 Å². The highest BCUT2D eigenvalue weighted by molar-refractivity contribution is 7.89. The Morgan fingerprint density at radius 1 is 0.800 bits per heavy atom.